The predicted octanol–water partition coefficient (Wildman–Crippen LogP) is 1.93. The molecule has 1 fully saturated rings. The number of anilines is 1. The molecular weight excluding hydrogens is 366 g/mol. The molecular formula is C20H25NO7. The number of hydrogen-bond acceptors (Lipinski definition) is 7. The molecule has 3 N–H and O–H groups in total. The van der Waals surface area contributed by atoms with Crippen LogP contribution in [0.1, 0.15) is 33.3 Å². The number of rotatable bonds is 3. The zero-order chi connectivity index (χ0) is 20.8. The second-order valence-electron chi connectivity index (χ2n) is 7.76. The summed E-state index contributed by atoms with van der Waals surface area (Å²) in [7, 11) is 0. The Bertz CT molecular complexity index is 965. The molecule has 0 radical (unpaired) electrons. The van der Waals surface area contributed by atoms with Crippen molar-refractivity contribution in [2.45, 2.75) is 58.7 Å². The molecule has 0 saturated carbocycles. The van der Waals surface area contributed by atoms with Crippen molar-refractivity contribution >= 4 is 22.6 Å². The highest BCUT2D eigenvalue weighted by atomic mass is 16.7. The summed E-state index contributed by atoms with van der Waals surface area (Å²) < 4.78 is 17.0. The molecule has 28 heavy (non-hydrogen) atoms. The number of carbonyl (C=O) groups excluding carboxylic acids is 1. The molecule has 0 aliphatic carbocycles. The third-order valence-corrected chi connectivity index (χ3v) is 5.24. The van der Waals surface area contributed by atoms with Gasteiger partial charge in [-0.25, -0.2) is 4.79 Å². The van der Waals surface area contributed by atoms with E-state index in [0.717, 1.165) is 0 Å². The van der Waals surface area contributed by atoms with Gasteiger partial charge in [-0.1, -0.05) is 6.92 Å². The summed E-state index contributed by atoms with van der Waals surface area (Å²) in [5.41, 5.74) is -0.363. The zero-order valence-corrected chi connectivity index (χ0v) is 16.5. The molecule has 2 heterocycles. The Balaban J connectivity index is 1.94. The number of aliphatic hydroxyl groups excluding tert-OH is 2. The van der Waals surface area contributed by atoms with Gasteiger partial charge in [-0.2, -0.15) is 0 Å². The average molecular weight is 391 g/mol. The summed E-state index contributed by atoms with van der Waals surface area (Å²) >= 11 is 0. The third-order valence-electron chi connectivity index (χ3n) is 5.24. The van der Waals surface area contributed by atoms with Gasteiger partial charge in [-0.3, -0.25) is 4.79 Å². The summed E-state index contributed by atoms with van der Waals surface area (Å²) in [6.45, 7) is 8.53. The Hall–Kier alpha value is -2.42. The van der Waals surface area contributed by atoms with Gasteiger partial charge in [-0.05, 0) is 38.5 Å². The van der Waals surface area contributed by atoms with Crippen LogP contribution in [0, 0.1) is 12.8 Å². The van der Waals surface area contributed by atoms with Crippen LogP contribution >= 0.6 is 0 Å². The van der Waals surface area contributed by atoms with Gasteiger partial charge >= 0.3 is 5.63 Å². The third kappa shape index (κ3) is 3.76. The average Bonchev–Trinajstić information content (AvgIpc) is 2.59. The van der Waals surface area contributed by atoms with Crippen molar-refractivity contribution in [3.05, 3.63) is 34.2 Å². The van der Waals surface area contributed by atoms with Crippen LogP contribution in [0.3, 0.4) is 0 Å². The van der Waals surface area contributed by atoms with Gasteiger partial charge in [0.2, 0.25) is 12.2 Å². The van der Waals surface area contributed by atoms with E-state index in [4.69, 9.17) is 13.9 Å². The van der Waals surface area contributed by atoms with E-state index in [1.54, 1.807) is 19.9 Å². The first-order valence-corrected chi connectivity index (χ1v) is 9.06. The first-order valence-electron chi connectivity index (χ1n) is 9.06. The Labute approximate surface area is 162 Å². The van der Waals surface area contributed by atoms with Crippen LogP contribution in [-0.4, -0.2) is 40.2 Å². The lowest BCUT2D eigenvalue weighted by Gasteiger charge is -2.46. The van der Waals surface area contributed by atoms with Crippen LogP contribution < -0.4 is 15.7 Å². The minimum absolute atomic E-state index is 0.0537. The van der Waals surface area contributed by atoms with Crippen molar-refractivity contribution < 1.29 is 28.9 Å². The molecule has 3 rings (SSSR count). The predicted molar refractivity (Wildman–Crippen MR) is 102 cm³/mol. The van der Waals surface area contributed by atoms with E-state index >= 15 is 0 Å². The van der Waals surface area contributed by atoms with E-state index in [2.05, 4.69) is 5.32 Å². The Morgan fingerprint density at radius 1 is 1.21 bits per heavy atom. The topological polar surface area (TPSA) is 118 Å². The summed E-state index contributed by atoms with van der Waals surface area (Å²) in [6.07, 6.45) is -3.32. The SMILES string of the molecule is CC(=O)Nc1cc2cc(C)c(OC3OC(C)(C)[C@H](C)[C@H](O)[C@@H]3O)cc2oc1=O. The normalized spacial score (nSPS) is 26.8. The fraction of sp³-hybridized carbons (Fsp3) is 0.500. The second kappa shape index (κ2) is 7.20. The first-order chi connectivity index (χ1) is 13.0. The molecule has 152 valence electrons. The van der Waals surface area contributed by atoms with Crippen molar-refractivity contribution in [1.82, 2.24) is 0 Å². The van der Waals surface area contributed by atoms with Crippen LogP contribution in [0.5, 0.6) is 5.75 Å². The highest BCUT2D eigenvalue weighted by molar-refractivity contribution is 5.91. The van der Waals surface area contributed by atoms with Gasteiger partial charge in [0.05, 0.1) is 11.7 Å². The second-order valence-corrected chi connectivity index (χ2v) is 7.76. The molecule has 1 amide bonds. The van der Waals surface area contributed by atoms with Crippen LogP contribution in [-0.2, 0) is 9.53 Å². The van der Waals surface area contributed by atoms with Gasteiger partial charge in [0.25, 0.3) is 0 Å². The molecule has 4 atom stereocenters. The van der Waals surface area contributed by atoms with Gasteiger partial charge in [0, 0.05) is 24.3 Å². The Morgan fingerprint density at radius 3 is 2.54 bits per heavy atom. The quantitative estimate of drug-likeness (QED) is 0.684. The largest absolute Gasteiger partial charge is 0.462 e. The Kier molecular flexibility index (Phi) is 5.22. The lowest BCUT2D eigenvalue weighted by atomic mass is 9.82. The molecule has 0 bridgehead atoms. The number of benzene rings is 1. The minimum atomic E-state index is -1.23. The van der Waals surface area contributed by atoms with E-state index in [1.165, 1.54) is 19.1 Å². The van der Waals surface area contributed by atoms with Crippen molar-refractivity contribution in [2.75, 3.05) is 5.32 Å². The lowest BCUT2D eigenvalue weighted by molar-refractivity contribution is -0.285. The first kappa shape index (κ1) is 20.3. The molecule has 1 saturated heterocycles. The molecule has 8 nitrogen and oxygen atoms in total. The molecule has 1 aliphatic rings. The maximum absolute atomic E-state index is 12.1. The van der Waals surface area contributed by atoms with Crippen molar-refractivity contribution in [2.24, 2.45) is 5.92 Å². The fourth-order valence-electron chi connectivity index (χ4n) is 3.23. The monoisotopic (exact) mass is 391 g/mol. The van der Waals surface area contributed by atoms with Gasteiger partial charge in [0.15, 0.2) is 0 Å². The van der Waals surface area contributed by atoms with E-state index in [-0.39, 0.29) is 23.1 Å². The molecule has 1 aromatic carbocycles. The number of aliphatic hydroxyl groups is 2. The minimum Gasteiger partial charge on any atom is -0.462 e. The number of carbonyl (C=O) groups is 1. The molecule has 1 aliphatic heterocycles. The fourth-order valence-corrected chi connectivity index (χ4v) is 3.23. The van der Waals surface area contributed by atoms with Gasteiger partial charge in [0.1, 0.15) is 23.1 Å². The number of fused-ring (bicyclic) bond motifs is 1. The number of hydrogen-bond donors (Lipinski definition) is 3. The molecule has 2 aromatic rings. The maximum atomic E-state index is 12.1. The summed E-state index contributed by atoms with van der Waals surface area (Å²) in [5.74, 6) is -0.308. The van der Waals surface area contributed by atoms with Gasteiger partial charge < -0.3 is 29.4 Å². The molecule has 1 unspecified atom stereocenters. The summed E-state index contributed by atoms with van der Waals surface area (Å²) in [5, 5.41) is 23.7. The highest BCUT2D eigenvalue weighted by Crippen LogP contribution is 2.36. The van der Waals surface area contributed by atoms with Crippen molar-refractivity contribution in [3.63, 3.8) is 0 Å². The Morgan fingerprint density at radius 2 is 1.89 bits per heavy atom. The molecule has 1 aromatic heterocycles. The number of ether oxygens (including phenoxy) is 2. The van der Waals surface area contributed by atoms with E-state index in [9.17, 15) is 19.8 Å². The van der Waals surface area contributed by atoms with Gasteiger partial charge in [-0.15, -0.1) is 0 Å². The standard InChI is InChI=1S/C20H25NO7/c1-9-6-12-7-13(21-11(3)22)18(25)26-15(12)8-14(9)27-19-17(24)16(23)10(2)20(4,5)28-19/h6-8,10,16-17,19,23-24H,1-5H3,(H,21,22)/t10-,16+,17+,19?/m1/s1. The molecule has 0 spiro atoms. The molecule has 8 heteroatoms. The van der Waals surface area contributed by atoms with Crippen LogP contribution in [0.4, 0.5) is 5.69 Å². The summed E-state index contributed by atoms with van der Waals surface area (Å²) in [6, 6.07) is 4.79. The lowest BCUT2D eigenvalue weighted by Crippen LogP contribution is -2.59. The van der Waals surface area contributed by atoms with Crippen molar-refractivity contribution in [3.8, 4) is 5.75 Å². The maximum Gasteiger partial charge on any atom is 0.360 e. The number of aryl methyl sites for hydroxylation is 1. The van der Waals surface area contributed by atoms with Crippen LogP contribution in [0.25, 0.3) is 11.0 Å². The van der Waals surface area contributed by atoms with Crippen LogP contribution in [0.15, 0.2) is 27.4 Å². The van der Waals surface area contributed by atoms with Crippen molar-refractivity contribution in [1.29, 1.82) is 0 Å². The smallest absolute Gasteiger partial charge is 0.360 e. The number of amides is 1. The highest BCUT2D eigenvalue weighted by Gasteiger charge is 2.47. The van der Waals surface area contributed by atoms with E-state index in [0.29, 0.717) is 16.7 Å². The zero-order valence-electron chi connectivity index (χ0n) is 16.5. The van der Waals surface area contributed by atoms with Crippen LogP contribution in [0.2, 0.25) is 0 Å². The number of nitrogens with one attached hydrogen (secondary N) is 1. The van der Waals surface area contributed by atoms with E-state index in [1.807, 2.05) is 13.8 Å². The van der Waals surface area contributed by atoms with E-state index < -0.39 is 29.7 Å². The summed E-state index contributed by atoms with van der Waals surface area (Å²) in [4.78, 5) is 23.3.